The predicted molar refractivity (Wildman–Crippen MR) is 76.8 cm³/mol. The van der Waals surface area contributed by atoms with E-state index in [1.807, 2.05) is 23.5 Å². The van der Waals surface area contributed by atoms with Gasteiger partial charge in [0.2, 0.25) is 5.91 Å². The van der Waals surface area contributed by atoms with Crippen molar-refractivity contribution in [2.75, 3.05) is 36.9 Å². The molecule has 0 bridgehead atoms. The molecule has 1 unspecified atom stereocenters. The van der Waals surface area contributed by atoms with Gasteiger partial charge in [-0.15, -0.1) is 11.8 Å². The average molecular weight is 274 g/mol. The Balaban J connectivity index is 1.74. The van der Waals surface area contributed by atoms with Crippen LogP contribution in [0.5, 0.6) is 0 Å². The highest BCUT2D eigenvalue weighted by atomic mass is 32.2. The maximum Gasteiger partial charge on any atom is 0.233 e. The van der Waals surface area contributed by atoms with Crippen molar-refractivity contribution < 1.29 is 4.79 Å². The van der Waals surface area contributed by atoms with Gasteiger partial charge in [-0.2, -0.15) is 11.8 Å². The molecule has 17 heavy (non-hydrogen) atoms. The standard InChI is InChI=1S/C12H22N2OS2/c1-12(2-4-13-5-3-12)9-14-11(15)10-8-16-6-7-17-10/h10,13H,2-9H2,1H3,(H,14,15). The number of thioether (sulfide) groups is 2. The quantitative estimate of drug-likeness (QED) is 0.815. The summed E-state index contributed by atoms with van der Waals surface area (Å²) in [7, 11) is 0. The highest BCUT2D eigenvalue weighted by Crippen LogP contribution is 2.28. The van der Waals surface area contributed by atoms with E-state index < -0.39 is 0 Å². The van der Waals surface area contributed by atoms with Gasteiger partial charge in [0.05, 0.1) is 5.25 Å². The van der Waals surface area contributed by atoms with Crippen LogP contribution in [0.15, 0.2) is 0 Å². The molecule has 2 heterocycles. The van der Waals surface area contributed by atoms with Gasteiger partial charge in [-0.25, -0.2) is 0 Å². The minimum absolute atomic E-state index is 0.180. The van der Waals surface area contributed by atoms with Crippen LogP contribution in [0.1, 0.15) is 19.8 Å². The minimum Gasteiger partial charge on any atom is -0.355 e. The number of rotatable bonds is 3. The molecule has 0 aromatic carbocycles. The molecule has 2 N–H and O–H groups in total. The SMILES string of the molecule is CC1(CNC(=O)C2CSCCS2)CCNCC1. The van der Waals surface area contributed by atoms with Crippen molar-refractivity contribution in [1.82, 2.24) is 10.6 Å². The summed E-state index contributed by atoms with van der Waals surface area (Å²) in [6.07, 6.45) is 2.33. The van der Waals surface area contributed by atoms with Crippen LogP contribution in [-0.4, -0.2) is 48.0 Å². The summed E-state index contributed by atoms with van der Waals surface area (Å²) in [5, 5.41) is 6.71. The molecular formula is C12H22N2OS2. The smallest absolute Gasteiger partial charge is 0.233 e. The first-order valence-electron chi connectivity index (χ1n) is 6.37. The van der Waals surface area contributed by atoms with Gasteiger partial charge in [-0.1, -0.05) is 6.92 Å². The fourth-order valence-electron chi connectivity index (χ4n) is 2.26. The molecule has 0 spiro atoms. The number of nitrogens with one attached hydrogen (secondary N) is 2. The first-order chi connectivity index (χ1) is 8.20. The molecule has 1 atom stereocenters. The van der Waals surface area contributed by atoms with Gasteiger partial charge >= 0.3 is 0 Å². The fraction of sp³-hybridized carbons (Fsp3) is 0.917. The summed E-state index contributed by atoms with van der Waals surface area (Å²) in [5.41, 5.74) is 0.299. The Labute approximate surface area is 112 Å². The Bertz CT molecular complexity index is 261. The third kappa shape index (κ3) is 4.07. The van der Waals surface area contributed by atoms with Crippen molar-refractivity contribution in [2.24, 2.45) is 5.41 Å². The van der Waals surface area contributed by atoms with Crippen molar-refractivity contribution >= 4 is 29.4 Å². The van der Waals surface area contributed by atoms with Crippen LogP contribution in [0.3, 0.4) is 0 Å². The Morgan fingerprint density at radius 3 is 2.82 bits per heavy atom. The zero-order valence-corrected chi connectivity index (χ0v) is 12.1. The number of amides is 1. The molecule has 2 aliphatic rings. The summed E-state index contributed by atoms with van der Waals surface area (Å²) in [4.78, 5) is 12.0. The van der Waals surface area contributed by atoms with E-state index in [0.29, 0.717) is 5.41 Å². The van der Waals surface area contributed by atoms with Crippen LogP contribution >= 0.6 is 23.5 Å². The second kappa shape index (κ2) is 6.34. The molecule has 1 amide bonds. The normalized spacial score (nSPS) is 28.6. The topological polar surface area (TPSA) is 41.1 Å². The summed E-state index contributed by atoms with van der Waals surface area (Å²) in [5.74, 6) is 3.54. The largest absolute Gasteiger partial charge is 0.355 e. The summed E-state index contributed by atoms with van der Waals surface area (Å²) < 4.78 is 0. The van der Waals surface area contributed by atoms with E-state index in [9.17, 15) is 4.79 Å². The first kappa shape index (κ1) is 13.6. The van der Waals surface area contributed by atoms with E-state index in [-0.39, 0.29) is 11.2 Å². The molecule has 2 saturated heterocycles. The summed E-state index contributed by atoms with van der Waals surface area (Å²) in [6.45, 7) is 5.30. The highest BCUT2D eigenvalue weighted by molar-refractivity contribution is 8.07. The van der Waals surface area contributed by atoms with E-state index in [4.69, 9.17) is 0 Å². The molecule has 0 aromatic heterocycles. The highest BCUT2D eigenvalue weighted by Gasteiger charge is 2.29. The molecule has 5 heteroatoms. The lowest BCUT2D eigenvalue weighted by atomic mass is 9.81. The van der Waals surface area contributed by atoms with Crippen molar-refractivity contribution in [3.05, 3.63) is 0 Å². The van der Waals surface area contributed by atoms with Gasteiger partial charge < -0.3 is 10.6 Å². The summed E-state index contributed by atoms with van der Waals surface area (Å²) >= 11 is 3.71. The van der Waals surface area contributed by atoms with E-state index in [2.05, 4.69) is 17.6 Å². The van der Waals surface area contributed by atoms with Crippen molar-refractivity contribution in [2.45, 2.75) is 25.0 Å². The Morgan fingerprint density at radius 1 is 1.41 bits per heavy atom. The monoisotopic (exact) mass is 274 g/mol. The Morgan fingerprint density at radius 2 is 2.18 bits per heavy atom. The van der Waals surface area contributed by atoms with Crippen molar-refractivity contribution in [3.63, 3.8) is 0 Å². The maximum atomic E-state index is 12.0. The molecule has 98 valence electrons. The Hall–Kier alpha value is 0.130. The number of carbonyl (C=O) groups excluding carboxylic acids is 1. The van der Waals surface area contributed by atoms with Gasteiger partial charge in [0, 0.05) is 23.8 Å². The third-order valence-electron chi connectivity index (χ3n) is 3.61. The second-order valence-electron chi connectivity index (χ2n) is 5.21. The Kier molecular flexibility index (Phi) is 5.06. The zero-order valence-electron chi connectivity index (χ0n) is 10.5. The second-order valence-corrected chi connectivity index (χ2v) is 7.67. The molecule has 0 saturated carbocycles. The molecule has 3 nitrogen and oxygen atoms in total. The van der Waals surface area contributed by atoms with Crippen LogP contribution in [0, 0.1) is 5.41 Å². The van der Waals surface area contributed by atoms with Gasteiger partial charge in [0.15, 0.2) is 0 Å². The van der Waals surface area contributed by atoms with Gasteiger partial charge in [-0.05, 0) is 31.3 Å². The molecule has 2 aliphatic heterocycles. The zero-order chi connectivity index (χ0) is 12.1. The maximum absolute atomic E-state index is 12.0. The lowest BCUT2D eigenvalue weighted by molar-refractivity contribution is -0.120. The number of piperidine rings is 1. The van der Waals surface area contributed by atoms with Gasteiger partial charge in [0.25, 0.3) is 0 Å². The number of carbonyl (C=O) groups is 1. The molecule has 0 aliphatic carbocycles. The lowest BCUT2D eigenvalue weighted by Gasteiger charge is -2.34. The van der Waals surface area contributed by atoms with Gasteiger partial charge in [0.1, 0.15) is 0 Å². The number of hydrogen-bond acceptors (Lipinski definition) is 4. The molecule has 2 rings (SSSR count). The average Bonchev–Trinajstić information content (AvgIpc) is 2.38. The van der Waals surface area contributed by atoms with Crippen LogP contribution < -0.4 is 10.6 Å². The van der Waals surface area contributed by atoms with Crippen LogP contribution in [0.2, 0.25) is 0 Å². The molecular weight excluding hydrogens is 252 g/mol. The van der Waals surface area contributed by atoms with Crippen LogP contribution in [0.4, 0.5) is 0 Å². The van der Waals surface area contributed by atoms with Crippen molar-refractivity contribution in [1.29, 1.82) is 0 Å². The van der Waals surface area contributed by atoms with Crippen LogP contribution in [-0.2, 0) is 4.79 Å². The first-order valence-corrected chi connectivity index (χ1v) is 8.58. The molecule has 0 radical (unpaired) electrons. The van der Waals surface area contributed by atoms with Gasteiger partial charge in [-0.3, -0.25) is 4.79 Å². The van der Waals surface area contributed by atoms with E-state index in [0.717, 1.165) is 31.1 Å². The lowest BCUT2D eigenvalue weighted by Crippen LogP contribution is -2.45. The van der Waals surface area contributed by atoms with Crippen molar-refractivity contribution in [3.8, 4) is 0 Å². The van der Waals surface area contributed by atoms with Crippen LogP contribution in [0.25, 0.3) is 0 Å². The summed E-state index contributed by atoms with van der Waals surface area (Å²) in [6, 6.07) is 0. The fourth-order valence-corrected chi connectivity index (χ4v) is 4.84. The third-order valence-corrected chi connectivity index (χ3v) is 6.36. The molecule has 2 fully saturated rings. The van der Waals surface area contributed by atoms with E-state index in [1.54, 1.807) is 0 Å². The van der Waals surface area contributed by atoms with E-state index in [1.165, 1.54) is 18.6 Å². The molecule has 0 aromatic rings. The minimum atomic E-state index is 0.180. The number of hydrogen-bond donors (Lipinski definition) is 2. The predicted octanol–water partition coefficient (Wildman–Crippen LogP) is 1.34. The van der Waals surface area contributed by atoms with E-state index >= 15 is 0 Å².